The molecule has 1 N–H and O–H groups in total. The third-order valence-electron chi connectivity index (χ3n) is 5.24. The minimum Gasteiger partial charge on any atom is -0.496 e. The fourth-order valence-corrected chi connectivity index (χ4v) is 3.84. The van der Waals surface area contributed by atoms with Gasteiger partial charge < -0.3 is 14.6 Å². The van der Waals surface area contributed by atoms with E-state index in [2.05, 4.69) is 4.98 Å². The molecule has 2 unspecified atom stereocenters. The van der Waals surface area contributed by atoms with Crippen molar-refractivity contribution >= 4 is 16.8 Å². The molecule has 2 heterocycles. The Morgan fingerprint density at radius 1 is 1.43 bits per heavy atom. The van der Waals surface area contributed by atoms with E-state index in [0.29, 0.717) is 17.9 Å². The van der Waals surface area contributed by atoms with Crippen LogP contribution in [0.15, 0.2) is 24.3 Å². The maximum atomic E-state index is 13.6. The first-order chi connectivity index (χ1) is 10.9. The Kier molecular flexibility index (Phi) is 2.81. The van der Waals surface area contributed by atoms with Gasteiger partial charge in [-0.1, -0.05) is 6.07 Å². The lowest BCUT2D eigenvalue weighted by atomic mass is 10.0. The van der Waals surface area contributed by atoms with E-state index in [1.165, 1.54) is 0 Å². The second-order valence-corrected chi connectivity index (χ2v) is 6.75. The Bertz CT molecular complexity index is 801. The molecular weight excluding hydrogens is 302 g/mol. The smallest absolute Gasteiger partial charge is 0.270 e. The van der Waals surface area contributed by atoms with Crippen LogP contribution in [0.5, 0.6) is 5.75 Å². The van der Waals surface area contributed by atoms with Gasteiger partial charge in [0, 0.05) is 29.9 Å². The van der Waals surface area contributed by atoms with Gasteiger partial charge in [-0.3, -0.25) is 4.79 Å². The van der Waals surface area contributed by atoms with Crippen LogP contribution in [0.25, 0.3) is 10.9 Å². The molecule has 2 aromatic rings. The lowest BCUT2D eigenvalue weighted by Gasteiger charge is -2.20. The third-order valence-corrected chi connectivity index (χ3v) is 5.24. The number of aromatic amines is 1. The number of rotatable bonds is 2. The van der Waals surface area contributed by atoms with Gasteiger partial charge in [0.05, 0.1) is 12.5 Å². The molecule has 2 aliphatic rings. The highest BCUT2D eigenvalue weighted by Gasteiger charge is 2.74. The Hall–Kier alpha value is -2.11. The molecule has 1 aromatic heterocycles. The molecule has 4 nitrogen and oxygen atoms in total. The Morgan fingerprint density at radius 3 is 2.78 bits per heavy atom. The van der Waals surface area contributed by atoms with E-state index in [4.69, 9.17) is 4.74 Å². The molecule has 6 heteroatoms. The van der Waals surface area contributed by atoms with E-state index >= 15 is 0 Å². The average Bonchev–Trinajstić information content (AvgIpc) is 2.88. The number of nitrogens with one attached hydrogen (secondary N) is 1. The Balaban J connectivity index is 1.65. The first-order valence-electron chi connectivity index (χ1n) is 7.71. The quantitative estimate of drug-likeness (QED) is 0.921. The zero-order chi connectivity index (χ0) is 16.4. The molecule has 1 saturated carbocycles. The zero-order valence-electron chi connectivity index (χ0n) is 13.0. The van der Waals surface area contributed by atoms with Gasteiger partial charge in [0.1, 0.15) is 11.4 Å². The summed E-state index contributed by atoms with van der Waals surface area (Å²) >= 11 is 0. The van der Waals surface area contributed by atoms with Crippen molar-refractivity contribution in [2.24, 2.45) is 5.41 Å². The van der Waals surface area contributed by atoms with Crippen LogP contribution in [0.2, 0.25) is 0 Å². The van der Waals surface area contributed by atoms with Crippen molar-refractivity contribution in [3.05, 3.63) is 30.0 Å². The van der Waals surface area contributed by atoms with Crippen molar-refractivity contribution in [2.75, 3.05) is 13.7 Å². The second-order valence-electron chi connectivity index (χ2n) is 6.75. The van der Waals surface area contributed by atoms with Crippen LogP contribution in [-0.4, -0.2) is 41.4 Å². The Labute approximate surface area is 132 Å². The summed E-state index contributed by atoms with van der Waals surface area (Å²) in [6.07, 6.45) is 0.268. The molecule has 1 amide bonds. The summed E-state index contributed by atoms with van der Waals surface area (Å²) in [4.78, 5) is 17.4. The molecule has 2 atom stereocenters. The van der Waals surface area contributed by atoms with Gasteiger partial charge in [-0.25, -0.2) is 8.78 Å². The summed E-state index contributed by atoms with van der Waals surface area (Å²) in [7, 11) is 1.57. The number of nitrogens with zero attached hydrogens (tertiary/aromatic N) is 1. The van der Waals surface area contributed by atoms with Gasteiger partial charge in [-0.2, -0.15) is 0 Å². The topological polar surface area (TPSA) is 45.3 Å². The normalized spacial score (nSPS) is 28.5. The van der Waals surface area contributed by atoms with Crippen LogP contribution in [0.4, 0.5) is 8.78 Å². The van der Waals surface area contributed by atoms with Crippen LogP contribution in [0, 0.1) is 5.41 Å². The van der Waals surface area contributed by atoms with Gasteiger partial charge >= 0.3 is 0 Å². The SMILES string of the molecule is COc1cccc2[nH]c(C(=O)N3CC4(CC3C)CC4(F)F)cc12. The van der Waals surface area contributed by atoms with E-state index in [1.54, 1.807) is 18.1 Å². The lowest BCUT2D eigenvalue weighted by Crippen LogP contribution is -2.34. The van der Waals surface area contributed by atoms with E-state index < -0.39 is 11.3 Å². The number of ether oxygens (including phenoxy) is 1. The molecule has 4 rings (SSSR count). The van der Waals surface area contributed by atoms with Crippen LogP contribution in [-0.2, 0) is 0 Å². The monoisotopic (exact) mass is 320 g/mol. The number of carbonyl (C=O) groups excluding carboxylic acids is 1. The van der Waals surface area contributed by atoms with E-state index in [-0.39, 0.29) is 24.9 Å². The number of H-pyrrole nitrogens is 1. The standard InChI is InChI=1S/C17H18F2N2O2/c1-10-7-16(8-17(16,18)19)9-21(10)15(22)13-6-11-12(20-13)4-3-5-14(11)23-2/h3-6,10,20H,7-9H2,1-2H3. The van der Waals surface area contributed by atoms with Crippen molar-refractivity contribution in [1.82, 2.24) is 9.88 Å². The third kappa shape index (κ3) is 1.97. The predicted octanol–water partition coefficient (Wildman–Crippen LogP) is 3.44. The molecule has 2 fully saturated rings. The van der Waals surface area contributed by atoms with Crippen molar-refractivity contribution in [3.63, 3.8) is 0 Å². The molecule has 1 spiro atoms. The summed E-state index contributed by atoms with van der Waals surface area (Å²) < 4.78 is 32.5. The summed E-state index contributed by atoms with van der Waals surface area (Å²) in [6, 6.07) is 7.08. The fourth-order valence-electron chi connectivity index (χ4n) is 3.84. The van der Waals surface area contributed by atoms with Crippen LogP contribution in [0.1, 0.15) is 30.3 Å². The number of hydrogen-bond acceptors (Lipinski definition) is 2. The minimum atomic E-state index is -2.63. The molecule has 1 aliphatic heterocycles. The molecule has 1 aliphatic carbocycles. The molecular formula is C17H18F2N2O2. The molecule has 23 heavy (non-hydrogen) atoms. The fraction of sp³-hybridized carbons (Fsp3) is 0.471. The number of likely N-dealkylation sites (tertiary alicyclic amines) is 1. The van der Waals surface area contributed by atoms with Crippen LogP contribution < -0.4 is 4.74 Å². The van der Waals surface area contributed by atoms with E-state index in [9.17, 15) is 13.6 Å². The lowest BCUT2D eigenvalue weighted by molar-refractivity contribution is 0.0611. The minimum absolute atomic E-state index is 0.103. The number of fused-ring (bicyclic) bond motifs is 1. The van der Waals surface area contributed by atoms with Crippen molar-refractivity contribution in [1.29, 1.82) is 0 Å². The summed E-state index contributed by atoms with van der Waals surface area (Å²) in [5, 5.41) is 0.816. The number of hydrogen-bond donors (Lipinski definition) is 1. The van der Waals surface area contributed by atoms with Gasteiger partial charge in [0.25, 0.3) is 11.8 Å². The van der Waals surface area contributed by atoms with Crippen molar-refractivity contribution in [3.8, 4) is 5.75 Å². The summed E-state index contributed by atoms with van der Waals surface area (Å²) in [5.74, 6) is -2.17. The maximum absolute atomic E-state index is 13.6. The molecule has 0 radical (unpaired) electrons. The number of halogens is 2. The van der Waals surface area contributed by atoms with Crippen LogP contribution in [0.3, 0.4) is 0 Å². The largest absolute Gasteiger partial charge is 0.496 e. The first-order valence-corrected chi connectivity index (χ1v) is 7.71. The number of amides is 1. The maximum Gasteiger partial charge on any atom is 0.270 e. The van der Waals surface area contributed by atoms with Crippen molar-refractivity contribution in [2.45, 2.75) is 31.7 Å². The highest BCUT2D eigenvalue weighted by molar-refractivity contribution is 6.00. The summed E-state index contributed by atoms with van der Waals surface area (Å²) in [5.41, 5.74) is 0.217. The Morgan fingerprint density at radius 2 is 2.17 bits per heavy atom. The van der Waals surface area contributed by atoms with Gasteiger partial charge in [0.15, 0.2) is 0 Å². The highest BCUT2D eigenvalue weighted by Crippen LogP contribution is 2.66. The molecule has 1 saturated heterocycles. The first kappa shape index (κ1) is 14.5. The zero-order valence-corrected chi connectivity index (χ0v) is 13.0. The predicted molar refractivity (Wildman–Crippen MR) is 82.0 cm³/mol. The summed E-state index contributed by atoms with van der Waals surface area (Å²) in [6.45, 7) is 1.97. The molecule has 122 valence electrons. The van der Waals surface area contributed by atoms with E-state index in [0.717, 1.165) is 10.9 Å². The number of alkyl halides is 2. The van der Waals surface area contributed by atoms with E-state index in [1.807, 2.05) is 25.1 Å². The number of methoxy groups -OCH3 is 1. The number of aromatic nitrogens is 1. The molecule has 0 bridgehead atoms. The number of benzene rings is 1. The number of carbonyl (C=O) groups is 1. The molecule has 1 aromatic carbocycles. The van der Waals surface area contributed by atoms with Crippen LogP contribution >= 0.6 is 0 Å². The highest BCUT2D eigenvalue weighted by atomic mass is 19.3. The van der Waals surface area contributed by atoms with Gasteiger partial charge in [-0.15, -0.1) is 0 Å². The van der Waals surface area contributed by atoms with Crippen molar-refractivity contribution < 1.29 is 18.3 Å². The second kappa shape index (κ2) is 4.46. The average molecular weight is 320 g/mol. The van der Waals surface area contributed by atoms with Gasteiger partial charge in [0.2, 0.25) is 0 Å². The van der Waals surface area contributed by atoms with Gasteiger partial charge in [-0.05, 0) is 31.5 Å².